The predicted octanol–water partition coefficient (Wildman–Crippen LogP) is 3.85. The van der Waals surface area contributed by atoms with E-state index in [4.69, 9.17) is 4.74 Å². The van der Waals surface area contributed by atoms with E-state index in [-0.39, 0.29) is 11.8 Å². The lowest BCUT2D eigenvalue weighted by Gasteiger charge is -2.26. The van der Waals surface area contributed by atoms with Gasteiger partial charge in [-0.05, 0) is 56.2 Å². The van der Waals surface area contributed by atoms with E-state index in [0.717, 1.165) is 25.1 Å². The van der Waals surface area contributed by atoms with Crippen LogP contribution in [0, 0.1) is 0 Å². The third-order valence-corrected chi connectivity index (χ3v) is 4.20. The van der Waals surface area contributed by atoms with Gasteiger partial charge in [-0.2, -0.15) is 0 Å². The van der Waals surface area contributed by atoms with Crippen molar-refractivity contribution in [3.05, 3.63) is 54.1 Å². The average Bonchev–Trinajstić information content (AvgIpc) is 2.64. The predicted molar refractivity (Wildman–Crippen MR) is 98.2 cm³/mol. The molecule has 1 fully saturated rings. The van der Waals surface area contributed by atoms with Crippen LogP contribution in [0.25, 0.3) is 0 Å². The van der Waals surface area contributed by atoms with E-state index in [1.807, 2.05) is 43.3 Å². The molecule has 1 aliphatic rings. The van der Waals surface area contributed by atoms with Crippen molar-refractivity contribution in [2.75, 3.05) is 23.4 Å². The Kier molecular flexibility index (Phi) is 5.33. The van der Waals surface area contributed by atoms with Crippen LogP contribution in [-0.2, 0) is 4.79 Å². The molecule has 25 heavy (non-hydrogen) atoms. The van der Waals surface area contributed by atoms with Crippen LogP contribution in [0.1, 0.15) is 36.5 Å². The molecular weight excluding hydrogens is 316 g/mol. The highest BCUT2D eigenvalue weighted by molar-refractivity contribution is 6.05. The van der Waals surface area contributed by atoms with Crippen molar-refractivity contribution < 1.29 is 14.3 Å². The van der Waals surface area contributed by atoms with Gasteiger partial charge in [-0.25, -0.2) is 0 Å². The Morgan fingerprint density at radius 1 is 1.12 bits per heavy atom. The van der Waals surface area contributed by atoms with E-state index in [2.05, 4.69) is 5.32 Å². The second kappa shape index (κ2) is 7.83. The number of nitrogens with one attached hydrogen (secondary N) is 1. The second-order valence-corrected chi connectivity index (χ2v) is 5.93. The second-order valence-electron chi connectivity index (χ2n) is 5.93. The van der Waals surface area contributed by atoms with Gasteiger partial charge in [0.2, 0.25) is 5.91 Å². The van der Waals surface area contributed by atoms with E-state index < -0.39 is 0 Å². The Morgan fingerprint density at radius 3 is 2.60 bits per heavy atom. The van der Waals surface area contributed by atoms with Crippen LogP contribution >= 0.6 is 0 Å². The highest BCUT2D eigenvalue weighted by Gasteiger charge is 2.19. The molecule has 2 amide bonds. The van der Waals surface area contributed by atoms with Gasteiger partial charge < -0.3 is 15.0 Å². The number of amides is 2. The van der Waals surface area contributed by atoms with Crippen LogP contribution in [-0.4, -0.2) is 25.0 Å². The number of rotatable bonds is 5. The van der Waals surface area contributed by atoms with Crippen LogP contribution < -0.4 is 15.0 Å². The minimum absolute atomic E-state index is 0.147. The number of carbonyl (C=O) groups is 2. The number of benzene rings is 2. The van der Waals surface area contributed by atoms with Crippen LogP contribution in [0.3, 0.4) is 0 Å². The molecule has 0 aliphatic carbocycles. The lowest BCUT2D eigenvalue weighted by Crippen LogP contribution is -2.35. The summed E-state index contributed by atoms with van der Waals surface area (Å²) in [6.07, 6.45) is 2.56. The Morgan fingerprint density at radius 2 is 1.88 bits per heavy atom. The fourth-order valence-electron chi connectivity index (χ4n) is 2.92. The summed E-state index contributed by atoms with van der Waals surface area (Å²) < 4.78 is 5.53. The summed E-state index contributed by atoms with van der Waals surface area (Å²) in [6, 6.07) is 14.5. The Hall–Kier alpha value is -2.82. The SMILES string of the molecule is CCOc1ccccc1NC(=O)c1ccc(N2CCCCC2=O)cc1. The molecule has 2 aromatic carbocycles. The van der Waals surface area contributed by atoms with Crippen molar-refractivity contribution in [3.8, 4) is 5.75 Å². The highest BCUT2D eigenvalue weighted by Crippen LogP contribution is 2.25. The molecule has 0 radical (unpaired) electrons. The zero-order chi connectivity index (χ0) is 17.6. The van der Waals surface area contributed by atoms with Gasteiger partial charge in [0.05, 0.1) is 12.3 Å². The van der Waals surface area contributed by atoms with Crippen molar-refractivity contribution in [1.29, 1.82) is 0 Å². The Labute approximate surface area is 147 Å². The number of anilines is 2. The molecule has 0 saturated carbocycles. The number of ether oxygens (including phenoxy) is 1. The van der Waals surface area contributed by atoms with Crippen LogP contribution in [0.2, 0.25) is 0 Å². The lowest BCUT2D eigenvalue weighted by atomic mass is 10.1. The normalized spacial score (nSPS) is 14.3. The molecule has 1 saturated heterocycles. The number of hydrogen-bond donors (Lipinski definition) is 1. The van der Waals surface area contributed by atoms with Crippen molar-refractivity contribution >= 4 is 23.2 Å². The maximum absolute atomic E-state index is 12.5. The molecule has 0 spiro atoms. The summed E-state index contributed by atoms with van der Waals surface area (Å²) in [5.41, 5.74) is 2.03. The summed E-state index contributed by atoms with van der Waals surface area (Å²) >= 11 is 0. The summed E-state index contributed by atoms with van der Waals surface area (Å²) in [6.45, 7) is 3.18. The van der Waals surface area contributed by atoms with E-state index >= 15 is 0 Å². The quantitative estimate of drug-likeness (QED) is 0.901. The molecule has 0 aromatic heterocycles. The fourth-order valence-corrected chi connectivity index (χ4v) is 2.92. The zero-order valence-electron chi connectivity index (χ0n) is 14.3. The fraction of sp³-hybridized carbons (Fsp3) is 0.300. The van der Waals surface area contributed by atoms with Crippen molar-refractivity contribution in [2.24, 2.45) is 0 Å². The number of piperidine rings is 1. The molecule has 0 atom stereocenters. The molecule has 5 heteroatoms. The van der Waals surface area contributed by atoms with Crippen LogP contribution in [0.4, 0.5) is 11.4 Å². The topological polar surface area (TPSA) is 58.6 Å². The largest absolute Gasteiger partial charge is 0.492 e. The first kappa shape index (κ1) is 17.0. The molecule has 130 valence electrons. The van der Waals surface area contributed by atoms with Crippen molar-refractivity contribution in [2.45, 2.75) is 26.2 Å². The molecule has 0 unspecified atom stereocenters. The number of nitrogens with zero attached hydrogens (tertiary/aromatic N) is 1. The van der Waals surface area contributed by atoms with Gasteiger partial charge in [0.1, 0.15) is 5.75 Å². The minimum atomic E-state index is -0.205. The molecule has 1 N–H and O–H groups in total. The van der Waals surface area contributed by atoms with E-state index in [9.17, 15) is 9.59 Å². The third kappa shape index (κ3) is 3.99. The summed E-state index contributed by atoms with van der Waals surface area (Å²) in [4.78, 5) is 26.2. The van der Waals surface area contributed by atoms with Gasteiger partial charge >= 0.3 is 0 Å². The van der Waals surface area contributed by atoms with Gasteiger partial charge in [-0.3, -0.25) is 9.59 Å². The van der Waals surface area contributed by atoms with Gasteiger partial charge in [0, 0.05) is 24.2 Å². The van der Waals surface area contributed by atoms with E-state index in [1.165, 1.54) is 0 Å². The lowest BCUT2D eigenvalue weighted by molar-refractivity contribution is -0.119. The van der Waals surface area contributed by atoms with Crippen molar-refractivity contribution in [1.82, 2.24) is 0 Å². The maximum Gasteiger partial charge on any atom is 0.255 e. The summed E-state index contributed by atoms with van der Waals surface area (Å²) in [7, 11) is 0. The summed E-state index contributed by atoms with van der Waals surface area (Å²) in [5.74, 6) is 0.589. The maximum atomic E-state index is 12.5. The molecule has 1 heterocycles. The van der Waals surface area contributed by atoms with E-state index in [0.29, 0.717) is 30.0 Å². The Bertz CT molecular complexity index is 756. The molecule has 3 rings (SSSR count). The molecule has 5 nitrogen and oxygen atoms in total. The average molecular weight is 338 g/mol. The standard InChI is InChI=1S/C20H22N2O3/c1-2-25-18-8-4-3-7-17(18)21-20(24)15-10-12-16(13-11-15)22-14-6-5-9-19(22)23/h3-4,7-8,10-13H,2,5-6,9,14H2,1H3,(H,21,24). The van der Waals surface area contributed by atoms with Crippen LogP contribution in [0.5, 0.6) is 5.75 Å². The molecule has 1 aliphatic heterocycles. The number of carbonyl (C=O) groups excluding carboxylic acids is 2. The first-order valence-corrected chi connectivity index (χ1v) is 8.62. The van der Waals surface area contributed by atoms with E-state index in [1.54, 1.807) is 17.0 Å². The number of para-hydroxylation sites is 2. The summed E-state index contributed by atoms with van der Waals surface area (Å²) in [5, 5.41) is 2.87. The molecular formula is C20H22N2O3. The monoisotopic (exact) mass is 338 g/mol. The molecule has 2 aromatic rings. The van der Waals surface area contributed by atoms with Crippen molar-refractivity contribution in [3.63, 3.8) is 0 Å². The first-order valence-electron chi connectivity index (χ1n) is 8.62. The van der Waals surface area contributed by atoms with Crippen LogP contribution in [0.15, 0.2) is 48.5 Å². The van der Waals surface area contributed by atoms with Gasteiger partial charge in [-0.15, -0.1) is 0 Å². The Balaban J connectivity index is 1.72. The first-order chi connectivity index (χ1) is 12.2. The third-order valence-electron chi connectivity index (χ3n) is 4.20. The van der Waals surface area contributed by atoms with Gasteiger partial charge in [0.25, 0.3) is 5.91 Å². The number of hydrogen-bond acceptors (Lipinski definition) is 3. The smallest absolute Gasteiger partial charge is 0.255 e. The zero-order valence-corrected chi connectivity index (χ0v) is 14.3. The van der Waals surface area contributed by atoms with Gasteiger partial charge in [0.15, 0.2) is 0 Å². The highest BCUT2D eigenvalue weighted by atomic mass is 16.5. The van der Waals surface area contributed by atoms with Gasteiger partial charge in [-0.1, -0.05) is 12.1 Å². The molecule has 0 bridgehead atoms. The minimum Gasteiger partial charge on any atom is -0.492 e.